The first-order valence-electron chi connectivity index (χ1n) is 7.59. The summed E-state index contributed by atoms with van der Waals surface area (Å²) in [5.41, 5.74) is 1.87. The summed E-state index contributed by atoms with van der Waals surface area (Å²) in [5.74, 6) is -0.0223. The lowest BCUT2D eigenvalue weighted by molar-refractivity contribution is 0.478. The Kier molecular flexibility index (Phi) is 3.19. The molecule has 0 fully saturated rings. The van der Waals surface area contributed by atoms with Gasteiger partial charge in [0.15, 0.2) is 5.65 Å². The molecule has 1 aromatic carbocycles. The lowest BCUT2D eigenvalue weighted by Gasteiger charge is -2.14. The predicted molar refractivity (Wildman–Crippen MR) is 89.6 cm³/mol. The molecule has 0 atom stereocenters. The van der Waals surface area contributed by atoms with Crippen molar-refractivity contribution in [1.82, 2.24) is 9.55 Å². The Bertz CT molecular complexity index is 975. The molecular weight excluding hydrogens is 290 g/mol. The fourth-order valence-corrected chi connectivity index (χ4v) is 3.02. The number of hydrogen-bond donors (Lipinski definition) is 1. The number of aromatic nitrogens is 2. The maximum atomic E-state index is 13.1. The topological polar surface area (TPSA) is 67.5 Å². The second-order valence-electron chi connectivity index (χ2n) is 5.51. The van der Waals surface area contributed by atoms with Crippen LogP contribution in [0.4, 0.5) is 0 Å². The highest BCUT2D eigenvalue weighted by Crippen LogP contribution is 2.28. The van der Waals surface area contributed by atoms with Gasteiger partial charge in [0.1, 0.15) is 11.3 Å². The Labute approximate surface area is 132 Å². The Morgan fingerprint density at radius 2 is 1.91 bits per heavy atom. The van der Waals surface area contributed by atoms with E-state index in [-0.39, 0.29) is 11.3 Å². The first-order chi connectivity index (χ1) is 11.3. The van der Waals surface area contributed by atoms with Crippen LogP contribution >= 0.6 is 0 Å². The quantitative estimate of drug-likeness (QED) is 0.791. The number of hydrogen-bond acceptors (Lipinski definition) is 4. The van der Waals surface area contributed by atoms with Gasteiger partial charge in [-0.1, -0.05) is 18.2 Å². The summed E-state index contributed by atoms with van der Waals surface area (Å²) in [6, 6.07) is 12.9. The predicted octanol–water partition coefficient (Wildman–Crippen LogP) is 2.67. The van der Waals surface area contributed by atoms with Crippen molar-refractivity contribution in [3.05, 3.63) is 64.6 Å². The van der Waals surface area contributed by atoms with E-state index in [1.807, 2.05) is 30.3 Å². The summed E-state index contributed by atoms with van der Waals surface area (Å²) in [6.07, 6.45) is 3.24. The fraction of sp³-hybridized carbons (Fsp3) is 0.167. The fourth-order valence-electron chi connectivity index (χ4n) is 3.02. The summed E-state index contributed by atoms with van der Waals surface area (Å²) in [7, 11) is 0. The van der Waals surface area contributed by atoms with Crippen molar-refractivity contribution < 1.29 is 5.11 Å². The number of pyridine rings is 2. The molecule has 1 aliphatic heterocycles. The smallest absolute Gasteiger partial charge is 0.269 e. The van der Waals surface area contributed by atoms with Gasteiger partial charge in [-0.25, -0.2) is 4.98 Å². The lowest BCUT2D eigenvalue weighted by Crippen LogP contribution is -2.26. The molecule has 114 valence electrons. The molecule has 0 bridgehead atoms. The van der Waals surface area contributed by atoms with Crippen LogP contribution in [-0.4, -0.2) is 26.9 Å². The van der Waals surface area contributed by atoms with Crippen LogP contribution in [0.1, 0.15) is 18.4 Å². The highest BCUT2D eigenvalue weighted by Gasteiger charge is 2.23. The summed E-state index contributed by atoms with van der Waals surface area (Å²) in [6.45, 7) is 0.699. The van der Waals surface area contributed by atoms with E-state index in [4.69, 9.17) is 0 Å². The van der Waals surface area contributed by atoms with Crippen molar-refractivity contribution in [3.63, 3.8) is 0 Å². The largest absolute Gasteiger partial charge is 0.506 e. The van der Waals surface area contributed by atoms with Crippen molar-refractivity contribution in [1.29, 1.82) is 0 Å². The van der Waals surface area contributed by atoms with Crippen molar-refractivity contribution in [2.45, 2.75) is 12.8 Å². The van der Waals surface area contributed by atoms with Crippen molar-refractivity contribution in [2.75, 3.05) is 6.54 Å². The van der Waals surface area contributed by atoms with Crippen LogP contribution in [0.3, 0.4) is 0 Å². The molecule has 0 saturated carbocycles. The zero-order valence-corrected chi connectivity index (χ0v) is 12.4. The van der Waals surface area contributed by atoms with Gasteiger partial charge in [-0.3, -0.25) is 14.4 Å². The van der Waals surface area contributed by atoms with Crippen LogP contribution in [0.15, 0.2) is 58.4 Å². The maximum Gasteiger partial charge on any atom is 0.269 e. The van der Waals surface area contributed by atoms with Gasteiger partial charge in [-0.15, -0.1) is 0 Å². The number of nitrogens with zero attached hydrogens (tertiary/aromatic N) is 3. The molecule has 5 heteroatoms. The molecular formula is C18H15N3O2. The van der Waals surface area contributed by atoms with Crippen LogP contribution in [0, 0.1) is 0 Å². The average molecular weight is 305 g/mol. The van der Waals surface area contributed by atoms with Crippen LogP contribution in [0.25, 0.3) is 16.7 Å². The van der Waals surface area contributed by atoms with Gasteiger partial charge >= 0.3 is 0 Å². The minimum Gasteiger partial charge on any atom is -0.506 e. The molecule has 3 heterocycles. The van der Waals surface area contributed by atoms with Gasteiger partial charge in [0, 0.05) is 12.7 Å². The van der Waals surface area contributed by atoms with Crippen LogP contribution in [0.5, 0.6) is 5.75 Å². The molecule has 0 unspecified atom stereocenters. The molecule has 0 aliphatic carbocycles. The average Bonchev–Trinajstić information content (AvgIpc) is 3.10. The lowest BCUT2D eigenvalue weighted by atomic mass is 10.1. The Morgan fingerprint density at radius 1 is 1.09 bits per heavy atom. The highest BCUT2D eigenvalue weighted by atomic mass is 16.3. The molecule has 0 radical (unpaired) electrons. The first kappa shape index (κ1) is 13.7. The van der Waals surface area contributed by atoms with Gasteiger partial charge in [0.25, 0.3) is 5.56 Å². The number of aliphatic imine (C=N–C) groups is 1. The highest BCUT2D eigenvalue weighted by molar-refractivity contribution is 6.07. The van der Waals surface area contributed by atoms with Crippen molar-refractivity contribution in [3.8, 4) is 11.4 Å². The zero-order valence-electron chi connectivity index (χ0n) is 12.4. The molecule has 4 rings (SSSR count). The zero-order chi connectivity index (χ0) is 15.8. The van der Waals surface area contributed by atoms with Crippen molar-refractivity contribution >= 4 is 16.7 Å². The van der Waals surface area contributed by atoms with Crippen molar-refractivity contribution in [2.24, 2.45) is 4.99 Å². The molecule has 1 aliphatic rings. The molecule has 23 heavy (non-hydrogen) atoms. The third kappa shape index (κ3) is 2.12. The molecule has 0 spiro atoms. The Morgan fingerprint density at radius 3 is 2.65 bits per heavy atom. The van der Waals surface area contributed by atoms with E-state index in [1.165, 1.54) is 0 Å². The van der Waals surface area contributed by atoms with E-state index < -0.39 is 0 Å². The minimum atomic E-state index is -0.277. The van der Waals surface area contributed by atoms with Gasteiger partial charge in [-0.05, 0) is 37.1 Å². The molecule has 1 N–H and O–H groups in total. The van der Waals surface area contributed by atoms with Crippen LogP contribution in [0.2, 0.25) is 0 Å². The maximum absolute atomic E-state index is 13.1. The van der Waals surface area contributed by atoms with E-state index in [1.54, 1.807) is 22.9 Å². The SMILES string of the molecule is O=c1c(C2=NCCC2)c(O)c2cccnc2n1-c1ccccc1. The van der Waals surface area contributed by atoms with Gasteiger partial charge in [0.05, 0.1) is 16.8 Å². The van der Waals surface area contributed by atoms with Gasteiger partial charge in [-0.2, -0.15) is 0 Å². The Balaban J connectivity index is 2.15. The van der Waals surface area contributed by atoms with Crippen LogP contribution < -0.4 is 5.56 Å². The van der Waals surface area contributed by atoms with E-state index >= 15 is 0 Å². The summed E-state index contributed by atoms with van der Waals surface area (Å²) >= 11 is 0. The number of para-hydroxylation sites is 1. The van der Waals surface area contributed by atoms with Crippen LogP contribution in [-0.2, 0) is 0 Å². The second kappa shape index (κ2) is 5.35. The van der Waals surface area contributed by atoms with E-state index in [9.17, 15) is 9.90 Å². The number of fused-ring (bicyclic) bond motifs is 1. The third-order valence-electron chi connectivity index (χ3n) is 4.08. The molecule has 5 nitrogen and oxygen atoms in total. The minimum absolute atomic E-state index is 0.0223. The molecule has 2 aromatic heterocycles. The molecule has 0 saturated heterocycles. The third-order valence-corrected chi connectivity index (χ3v) is 4.08. The number of rotatable bonds is 2. The number of benzene rings is 1. The standard InChI is InChI=1S/C18H15N3O2/c22-16-13-8-4-11-20-17(13)21(12-6-2-1-3-7-12)18(23)15(16)14-9-5-10-19-14/h1-4,6-8,11,22H,5,9-10H2. The summed E-state index contributed by atoms with van der Waals surface area (Å²) in [4.78, 5) is 21.8. The van der Waals surface area contributed by atoms with E-state index in [2.05, 4.69) is 9.98 Å². The first-order valence-corrected chi connectivity index (χ1v) is 7.59. The normalized spacial score (nSPS) is 14.2. The summed E-state index contributed by atoms with van der Waals surface area (Å²) < 4.78 is 1.55. The molecule has 3 aromatic rings. The second-order valence-corrected chi connectivity index (χ2v) is 5.51. The van der Waals surface area contributed by atoms with E-state index in [0.717, 1.165) is 12.1 Å². The van der Waals surface area contributed by atoms with Gasteiger partial charge in [0.2, 0.25) is 0 Å². The summed E-state index contributed by atoms with van der Waals surface area (Å²) in [5, 5.41) is 11.2. The van der Waals surface area contributed by atoms with Gasteiger partial charge < -0.3 is 5.11 Å². The Hall–Kier alpha value is -2.95. The molecule has 0 amide bonds. The number of aromatic hydroxyl groups is 1. The monoisotopic (exact) mass is 305 g/mol. The van der Waals surface area contributed by atoms with E-state index in [0.29, 0.717) is 35.3 Å².